The van der Waals surface area contributed by atoms with Gasteiger partial charge in [-0.25, -0.2) is 0 Å². The Morgan fingerprint density at radius 2 is 1.72 bits per heavy atom. The second-order valence-corrected chi connectivity index (χ2v) is 6.88. The van der Waals surface area contributed by atoms with Gasteiger partial charge in [0.25, 0.3) is 0 Å². The smallest absolute Gasteiger partial charge is 0.0305 e. The van der Waals surface area contributed by atoms with Crippen LogP contribution in [0.5, 0.6) is 0 Å². The summed E-state index contributed by atoms with van der Waals surface area (Å²) in [5.74, 6) is 1.72. The Balaban J connectivity index is 1.99. The first kappa shape index (κ1) is 14.1. The summed E-state index contributed by atoms with van der Waals surface area (Å²) in [7, 11) is 0. The van der Waals surface area contributed by atoms with Gasteiger partial charge in [0.2, 0.25) is 0 Å². The monoisotopic (exact) mass is 309 g/mol. The second-order valence-electron chi connectivity index (χ2n) is 6.02. The number of hydrogen-bond donors (Lipinski definition) is 1. The predicted molar refractivity (Wildman–Crippen MR) is 81.7 cm³/mol. The number of nitrogens with one attached hydrogen (secondary N) is 1. The van der Waals surface area contributed by atoms with E-state index in [2.05, 4.69) is 66.3 Å². The second kappa shape index (κ2) is 6.21. The van der Waals surface area contributed by atoms with E-state index in [9.17, 15) is 0 Å². The molecule has 0 aromatic heterocycles. The lowest BCUT2D eigenvalue weighted by Gasteiger charge is -2.34. The molecule has 0 amide bonds. The highest BCUT2D eigenvalue weighted by Gasteiger charge is 2.25. The van der Waals surface area contributed by atoms with Crippen molar-refractivity contribution in [2.75, 3.05) is 0 Å². The maximum Gasteiger partial charge on any atom is 0.0305 e. The average Bonchev–Trinajstić information content (AvgIpc) is 2.27. The summed E-state index contributed by atoms with van der Waals surface area (Å²) in [5.41, 5.74) is 1.36. The Hall–Kier alpha value is -0.340. The summed E-state index contributed by atoms with van der Waals surface area (Å²) in [6.07, 6.45) is 4.03. The Bertz CT molecular complexity index is 380. The third kappa shape index (κ3) is 3.58. The summed E-state index contributed by atoms with van der Waals surface area (Å²) in [6.45, 7) is 7.03. The maximum atomic E-state index is 3.81. The van der Waals surface area contributed by atoms with E-state index in [1.165, 1.54) is 29.3 Å². The molecule has 1 aliphatic rings. The van der Waals surface area contributed by atoms with E-state index in [-0.39, 0.29) is 0 Å². The highest BCUT2D eigenvalue weighted by molar-refractivity contribution is 9.10. The molecule has 1 aromatic rings. The largest absolute Gasteiger partial charge is 0.307 e. The number of halogens is 1. The fraction of sp³-hybridized carbons (Fsp3) is 0.625. The van der Waals surface area contributed by atoms with E-state index in [4.69, 9.17) is 0 Å². The Morgan fingerprint density at radius 1 is 1.11 bits per heavy atom. The standard InChI is InChI=1S/C16H24BrN/c1-11-8-12(2)10-14(9-11)18-13(3)15-6-4-5-7-16(15)17/h4-7,11-14,18H,8-10H2,1-3H3/t11?,12?,13-,14?/m1/s1. The van der Waals surface area contributed by atoms with Crippen LogP contribution in [0.15, 0.2) is 28.7 Å². The van der Waals surface area contributed by atoms with Gasteiger partial charge in [-0.2, -0.15) is 0 Å². The Labute approximate surface area is 119 Å². The number of benzene rings is 1. The molecule has 2 heteroatoms. The van der Waals surface area contributed by atoms with Crippen molar-refractivity contribution in [2.45, 2.75) is 52.1 Å². The predicted octanol–water partition coefficient (Wildman–Crippen LogP) is 4.92. The molecule has 18 heavy (non-hydrogen) atoms. The molecule has 1 aliphatic carbocycles. The summed E-state index contributed by atoms with van der Waals surface area (Å²) < 4.78 is 1.21. The van der Waals surface area contributed by atoms with Crippen LogP contribution in [-0.2, 0) is 0 Å². The van der Waals surface area contributed by atoms with Crippen molar-refractivity contribution in [1.29, 1.82) is 0 Å². The van der Waals surface area contributed by atoms with E-state index >= 15 is 0 Å². The van der Waals surface area contributed by atoms with Crippen LogP contribution >= 0.6 is 15.9 Å². The van der Waals surface area contributed by atoms with Crippen LogP contribution in [0.2, 0.25) is 0 Å². The van der Waals surface area contributed by atoms with Gasteiger partial charge >= 0.3 is 0 Å². The maximum absolute atomic E-state index is 3.81. The van der Waals surface area contributed by atoms with Crippen molar-refractivity contribution in [1.82, 2.24) is 5.32 Å². The van der Waals surface area contributed by atoms with Gasteiger partial charge in [0.05, 0.1) is 0 Å². The number of rotatable bonds is 3. The molecule has 1 N–H and O–H groups in total. The van der Waals surface area contributed by atoms with Crippen LogP contribution in [-0.4, -0.2) is 6.04 Å². The van der Waals surface area contributed by atoms with Gasteiger partial charge in [0.1, 0.15) is 0 Å². The van der Waals surface area contributed by atoms with E-state index in [1.807, 2.05) is 0 Å². The molecule has 1 nitrogen and oxygen atoms in total. The number of hydrogen-bond acceptors (Lipinski definition) is 1. The van der Waals surface area contributed by atoms with Gasteiger partial charge in [0.15, 0.2) is 0 Å². The molecular weight excluding hydrogens is 286 g/mol. The molecule has 2 unspecified atom stereocenters. The van der Waals surface area contributed by atoms with Crippen molar-refractivity contribution in [2.24, 2.45) is 11.8 Å². The molecular formula is C16H24BrN. The van der Waals surface area contributed by atoms with Gasteiger partial charge in [-0.15, -0.1) is 0 Å². The molecule has 2 rings (SSSR count). The third-order valence-electron chi connectivity index (χ3n) is 4.04. The topological polar surface area (TPSA) is 12.0 Å². The molecule has 3 atom stereocenters. The van der Waals surface area contributed by atoms with Crippen LogP contribution < -0.4 is 5.32 Å². The summed E-state index contributed by atoms with van der Waals surface area (Å²) in [6, 6.07) is 9.61. The van der Waals surface area contributed by atoms with Crippen LogP contribution in [0.3, 0.4) is 0 Å². The van der Waals surface area contributed by atoms with Crippen molar-refractivity contribution < 1.29 is 0 Å². The molecule has 0 radical (unpaired) electrons. The normalized spacial score (nSPS) is 30.1. The summed E-state index contributed by atoms with van der Waals surface area (Å²) >= 11 is 3.65. The summed E-state index contributed by atoms with van der Waals surface area (Å²) in [5, 5.41) is 3.81. The van der Waals surface area contributed by atoms with E-state index < -0.39 is 0 Å². The molecule has 0 saturated heterocycles. The first-order valence-electron chi connectivity index (χ1n) is 7.06. The van der Waals surface area contributed by atoms with Crippen molar-refractivity contribution in [3.05, 3.63) is 34.3 Å². The minimum Gasteiger partial charge on any atom is -0.307 e. The van der Waals surface area contributed by atoms with Gasteiger partial charge < -0.3 is 5.32 Å². The molecule has 1 fully saturated rings. The quantitative estimate of drug-likeness (QED) is 0.835. The van der Waals surface area contributed by atoms with Gasteiger partial charge in [0, 0.05) is 16.6 Å². The van der Waals surface area contributed by atoms with Crippen LogP contribution in [0, 0.1) is 11.8 Å². The van der Waals surface area contributed by atoms with Crippen molar-refractivity contribution in [3.8, 4) is 0 Å². The zero-order chi connectivity index (χ0) is 13.1. The highest BCUT2D eigenvalue weighted by atomic mass is 79.9. The molecule has 1 aromatic carbocycles. The average molecular weight is 310 g/mol. The highest BCUT2D eigenvalue weighted by Crippen LogP contribution is 2.31. The minimum atomic E-state index is 0.420. The fourth-order valence-electron chi connectivity index (χ4n) is 3.35. The zero-order valence-electron chi connectivity index (χ0n) is 11.6. The fourth-order valence-corrected chi connectivity index (χ4v) is 3.98. The van der Waals surface area contributed by atoms with Crippen LogP contribution in [0.25, 0.3) is 0 Å². The molecule has 0 spiro atoms. The molecule has 0 bridgehead atoms. The van der Waals surface area contributed by atoms with E-state index in [1.54, 1.807) is 0 Å². The lowest BCUT2D eigenvalue weighted by atomic mass is 9.80. The summed E-state index contributed by atoms with van der Waals surface area (Å²) in [4.78, 5) is 0. The molecule has 100 valence electrons. The lowest BCUT2D eigenvalue weighted by molar-refractivity contribution is 0.228. The van der Waals surface area contributed by atoms with Crippen LogP contribution in [0.4, 0.5) is 0 Å². The third-order valence-corrected chi connectivity index (χ3v) is 4.76. The molecule has 1 saturated carbocycles. The van der Waals surface area contributed by atoms with E-state index in [0.717, 1.165) is 11.8 Å². The van der Waals surface area contributed by atoms with Crippen molar-refractivity contribution in [3.63, 3.8) is 0 Å². The molecule has 0 heterocycles. The Morgan fingerprint density at radius 3 is 2.33 bits per heavy atom. The lowest BCUT2D eigenvalue weighted by Crippen LogP contribution is -2.37. The Kier molecular flexibility index (Phi) is 4.85. The first-order chi connectivity index (χ1) is 8.56. The zero-order valence-corrected chi connectivity index (χ0v) is 13.2. The van der Waals surface area contributed by atoms with Gasteiger partial charge in [-0.3, -0.25) is 0 Å². The first-order valence-corrected chi connectivity index (χ1v) is 7.86. The minimum absolute atomic E-state index is 0.420. The SMILES string of the molecule is CC1CC(C)CC(N[C@H](C)c2ccccc2Br)C1. The van der Waals surface area contributed by atoms with Crippen LogP contribution in [0.1, 0.15) is 51.6 Å². The van der Waals surface area contributed by atoms with Crippen molar-refractivity contribution >= 4 is 15.9 Å². The van der Waals surface area contributed by atoms with Gasteiger partial charge in [-0.05, 0) is 49.7 Å². The van der Waals surface area contributed by atoms with Gasteiger partial charge in [-0.1, -0.05) is 48.0 Å². The molecule has 0 aliphatic heterocycles. The van der Waals surface area contributed by atoms with E-state index in [0.29, 0.717) is 12.1 Å².